The zero-order chi connectivity index (χ0) is 24.2. The maximum atomic E-state index is 14.0. The fourth-order valence-corrected chi connectivity index (χ4v) is 5.12. The Morgan fingerprint density at radius 1 is 0.941 bits per heavy atom. The number of hydrogen-bond donors (Lipinski definition) is 1. The lowest BCUT2D eigenvalue weighted by Crippen LogP contribution is -2.45. The number of carbonyl (C=O) groups excluding carboxylic acids is 3. The lowest BCUT2D eigenvalue weighted by Gasteiger charge is -2.28. The second kappa shape index (κ2) is 7.97. The van der Waals surface area contributed by atoms with E-state index in [1.54, 1.807) is 0 Å². The minimum Gasteiger partial charge on any atom is -0.345 e. The molecule has 1 saturated heterocycles. The molecule has 0 unspecified atom stereocenters. The minimum absolute atomic E-state index is 0.229. The van der Waals surface area contributed by atoms with Crippen LogP contribution in [0.3, 0.4) is 0 Å². The second-order valence-electron chi connectivity index (χ2n) is 9.55. The summed E-state index contributed by atoms with van der Waals surface area (Å²) in [7, 11) is 0. The zero-order valence-corrected chi connectivity index (χ0v) is 20.0. The lowest BCUT2D eigenvalue weighted by atomic mass is 9.81. The van der Waals surface area contributed by atoms with Crippen LogP contribution in [0.15, 0.2) is 54.6 Å². The molecule has 2 heterocycles. The van der Waals surface area contributed by atoms with E-state index in [1.807, 2.05) is 82.3 Å². The Morgan fingerprint density at radius 2 is 1.65 bits per heavy atom. The van der Waals surface area contributed by atoms with E-state index in [9.17, 15) is 14.4 Å². The first-order valence-corrected chi connectivity index (χ1v) is 11.7. The number of urea groups is 1. The topological polar surface area (TPSA) is 71.4 Å². The van der Waals surface area contributed by atoms with Crippen molar-refractivity contribution >= 4 is 17.7 Å². The van der Waals surface area contributed by atoms with Gasteiger partial charge < -0.3 is 9.88 Å². The number of aryl methyl sites for hydroxylation is 3. The molecular weight excluding hydrogens is 426 g/mol. The monoisotopic (exact) mass is 455 g/mol. The molecule has 2 fully saturated rings. The van der Waals surface area contributed by atoms with E-state index in [1.165, 1.54) is 0 Å². The molecule has 1 aromatic heterocycles. The molecule has 0 bridgehead atoms. The van der Waals surface area contributed by atoms with Crippen LogP contribution in [0.5, 0.6) is 0 Å². The molecular formula is C28H29N3O3. The molecule has 174 valence electrons. The Labute approximate surface area is 199 Å². The number of imide groups is 1. The highest BCUT2D eigenvalue weighted by Crippen LogP contribution is 2.39. The molecule has 1 N–H and O–H groups in total. The molecule has 6 nitrogen and oxygen atoms in total. The minimum atomic E-state index is -1.37. The van der Waals surface area contributed by atoms with Gasteiger partial charge in [0.05, 0.1) is 6.54 Å². The number of aromatic nitrogens is 1. The highest BCUT2D eigenvalue weighted by atomic mass is 16.2. The van der Waals surface area contributed by atoms with Crippen LogP contribution in [0.2, 0.25) is 0 Å². The zero-order valence-electron chi connectivity index (χ0n) is 20.0. The van der Waals surface area contributed by atoms with Gasteiger partial charge in [0.2, 0.25) is 0 Å². The smallest absolute Gasteiger partial charge is 0.325 e. The van der Waals surface area contributed by atoms with Crippen LogP contribution in [0.25, 0.3) is 0 Å². The Balaban J connectivity index is 1.53. The van der Waals surface area contributed by atoms with Gasteiger partial charge in [0.1, 0.15) is 0 Å². The lowest BCUT2D eigenvalue weighted by molar-refractivity contribution is -0.129. The average molecular weight is 456 g/mol. The third kappa shape index (κ3) is 3.36. The predicted molar refractivity (Wildman–Crippen MR) is 130 cm³/mol. The number of Topliss-reactive ketones (excluding diaryl/α,β-unsaturated/α-hetero) is 1. The number of nitrogens with one attached hydrogen (secondary N) is 1. The standard InChI is InChI=1S/C28H29N3O3/c1-17-10-11-22(14-18(17)2)28(21-8-6-5-7-9-21)26(33)30(27(34)29-28)16-25(32)24-15-19(3)31(20(24)4)23-12-13-23/h5-11,14-15,23H,12-13,16H2,1-4H3,(H,29,34)/t28-/m1/s1. The number of benzene rings is 2. The predicted octanol–water partition coefficient (Wildman–Crippen LogP) is 4.73. The fourth-order valence-electron chi connectivity index (χ4n) is 5.12. The van der Waals surface area contributed by atoms with Crippen molar-refractivity contribution in [2.45, 2.75) is 52.1 Å². The van der Waals surface area contributed by atoms with Gasteiger partial charge in [-0.2, -0.15) is 0 Å². The first-order valence-electron chi connectivity index (χ1n) is 11.7. The first-order chi connectivity index (χ1) is 16.2. The summed E-state index contributed by atoms with van der Waals surface area (Å²) in [6.45, 7) is 7.63. The highest BCUT2D eigenvalue weighted by Gasteiger charge is 2.54. The van der Waals surface area contributed by atoms with Crippen LogP contribution in [-0.4, -0.2) is 33.7 Å². The number of ketones is 1. The van der Waals surface area contributed by atoms with Crippen LogP contribution in [0, 0.1) is 27.7 Å². The van der Waals surface area contributed by atoms with Crippen molar-refractivity contribution in [2.24, 2.45) is 0 Å². The second-order valence-corrected chi connectivity index (χ2v) is 9.55. The van der Waals surface area contributed by atoms with Gasteiger partial charge in [-0.1, -0.05) is 48.5 Å². The average Bonchev–Trinajstić information content (AvgIpc) is 3.56. The van der Waals surface area contributed by atoms with Crippen molar-refractivity contribution in [1.29, 1.82) is 0 Å². The van der Waals surface area contributed by atoms with Crippen LogP contribution in [0.4, 0.5) is 4.79 Å². The summed E-state index contributed by atoms with van der Waals surface area (Å²) in [5.74, 6) is -0.663. The molecule has 5 rings (SSSR count). The summed E-state index contributed by atoms with van der Waals surface area (Å²) < 4.78 is 2.20. The normalized spacial score (nSPS) is 20.1. The Kier molecular flexibility index (Phi) is 5.19. The van der Waals surface area contributed by atoms with Crippen molar-refractivity contribution in [1.82, 2.24) is 14.8 Å². The molecule has 2 aromatic carbocycles. The Bertz CT molecular complexity index is 1320. The van der Waals surface area contributed by atoms with E-state index in [4.69, 9.17) is 0 Å². The van der Waals surface area contributed by atoms with Gasteiger partial charge >= 0.3 is 6.03 Å². The van der Waals surface area contributed by atoms with Crippen molar-refractivity contribution in [3.63, 3.8) is 0 Å². The van der Waals surface area contributed by atoms with Gasteiger partial charge in [0.25, 0.3) is 5.91 Å². The maximum absolute atomic E-state index is 14.0. The van der Waals surface area contributed by atoms with Crippen LogP contribution >= 0.6 is 0 Å². The van der Waals surface area contributed by atoms with E-state index in [0.717, 1.165) is 40.3 Å². The maximum Gasteiger partial charge on any atom is 0.325 e. The van der Waals surface area contributed by atoms with Gasteiger partial charge in [-0.05, 0) is 68.9 Å². The first kappa shape index (κ1) is 22.1. The van der Waals surface area contributed by atoms with Crippen LogP contribution in [0.1, 0.15) is 62.9 Å². The summed E-state index contributed by atoms with van der Waals surface area (Å²) in [6, 6.07) is 16.8. The van der Waals surface area contributed by atoms with Gasteiger partial charge in [0, 0.05) is 23.0 Å². The van der Waals surface area contributed by atoms with E-state index in [0.29, 0.717) is 22.7 Å². The largest absolute Gasteiger partial charge is 0.345 e. The molecule has 0 radical (unpaired) electrons. The van der Waals surface area contributed by atoms with Crippen LogP contribution in [-0.2, 0) is 10.3 Å². The van der Waals surface area contributed by atoms with Crippen molar-refractivity contribution in [3.05, 3.63) is 93.8 Å². The van der Waals surface area contributed by atoms with E-state index < -0.39 is 17.5 Å². The third-order valence-corrected chi connectivity index (χ3v) is 7.25. The molecule has 3 aromatic rings. The number of amides is 3. The van der Waals surface area contributed by atoms with E-state index in [-0.39, 0.29) is 12.3 Å². The van der Waals surface area contributed by atoms with Gasteiger partial charge in [-0.25, -0.2) is 4.79 Å². The van der Waals surface area contributed by atoms with E-state index in [2.05, 4.69) is 9.88 Å². The molecule has 3 amide bonds. The molecule has 6 heteroatoms. The van der Waals surface area contributed by atoms with Crippen LogP contribution < -0.4 is 5.32 Å². The fraction of sp³-hybridized carbons (Fsp3) is 0.321. The molecule has 1 atom stereocenters. The summed E-state index contributed by atoms with van der Waals surface area (Å²) >= 11 is 0. The number of carbonyl (C=O) groups is 3. The van der Waals surface area contributed by atoms with Gasteiger partial charge in [0.15, 0.2) is 11.3 Å². The van der Waals surface area contributed by atoms with Crippen molar-refractivity contribution in [2.75, 3.05) is 6.54 Å². The number of hydrogen-bond acceptors (Lipinski definition) is 3. The van der Waals surface area contributed by atoms with E-state index >= 15 is 0 Å². The Hall–Kier alpha value is -3.67. The quantitative estimate of drug-likeness (QED) is 0.431. The summed E-state index contributed by atoms with van der Waals surface area (Å²) in [6.07, 6.45) is 2.24. The third-order valence-electron chi connectivity index (χ3n) is 7.25. The highest BCUT2D eigenvalue weighted by molar-refractivity contribution is 6.13. The van der Waals surface area contributed by atoms with Gasteiger partial charge in [-0.15, -0.1) is 0 Å². The van der Waals surface area contributed by atoms with Gasteiger partial charge in [-0.3, -0.25) is 14.5 Å². The van der Waals surface area contributed by atoms with Crippen molar-refractivity contribution < 1.29 is 14.4 Å². The molecule has 0 spiro atoms. The number of nitrogens with zero attached hydrogens (tertiary/aromatic N) is 2. The molecule has 1 aliphatic heterocycles. The summed E-state index contributed by atoms with van der Waals surface area (Å²) in [5, 5.41) is 2.94. The SMILES string of the molecule is Cc1ccc([C@@]2(c3ccccc3)NC(=O)N(CC(=O)c3cc(C)n(C4CC4)c3C)C2=O)cc1C. The molecule has 34 heavy (non-hydrogen) atoms. The molecule has 2 aliphatic rings. The Morgan fingerprint density at radius 3 is 2.29 bits per heavy atom. The number of rotatable bonds is 6. The molecule has 1 saturated carbocycles. The summed E-state index contributed by atoms with van der Waals surface area (Å²) in [5.41, 5.74) is 4.62. The van der Waals surface area contributed by atoms with Crippen molar-refractivity contribution in [3.8, 4) is 0 Å². The summed E-state index contributed by atoms with van der Waals surface area (Å²) in [4.78, 5) is 41.5. The molecule has 1 aliphatic carbocycles.